The largest absolute Gasteiger partial charge is 0.301 e. The summed E-state index contributed by atoms with van der Waals surface area (Å²) >= 11 is 0. The Kier molecular flexibility index (Phi) is 9.91. The molecule has 0 radical (unpaired) electrons. The molecule has 0 fully saturated rings. The molecule has 0 amide bonds. The highest BCUT2D eigenvalue weighted by Gasteiger charge is 2.22. The van der Waals surface area contributed by atoms with E-state index in [0.717, 1.165) is 25.9 Å². The second-order valence-corrected chi connectivity index (χ2v) is 5.72. The first-order valence-corrected chi connectivity index (χ1v) is 7.93. The summed E-state index contributed by atoms with van der Waals surface area (Å²) in [5.74, 6) is 0. The van der Waals surface area contributed by atoms with Gasteiger partial charge >= 0.3 is 0 Å². The van der Waals surface area contributed by atoms with Crippen molar-refractivity contribution in [1.29, 1.82) is 5.26 Å². The minimum absolute atomic E-state index is 0.360. The molecule has 3 heteroatoms. The van der Waals surface area contributed by atoms with Crippen molar-refractivity contribution in [3.63, 3.8) is 0 Å². The molecule has 19 heavy (non-hydrogen) atoms. The zero-order chi connectivity index (χ0) is 14.7. The standard InChI is InChI=1S/C16H33N3/c1-6-9-12-19(15(4)7-2)13-10-11-16(5,14-17)18-8-3/h15,18H,6-13H2,1-5H3. The van der Waals surface area contributed by atoms with Crippen LogP contribution < -0.4 is 5.32 Å². The third-order valence-corrected chi connectivity index (χ3v) is 3.95. The molecule has 2 atom stereocenters. The Bertz CT molecular complexity index is 259. The summed E-state index contributed by atoms with van der Waals surface area (Å²) < 4.78 is 0. The van der Waals surface area contributed by atoms with Gasteiger partial charge in [0.15, 0.2) is 0 Å². The maximum atomic E-state index is 9.25. The summed E-state index contributed by atoms with van der Waals surface area (Å²) in [6, 6.07) is 3.06. The number of nitrogens with one attached hydrogen (secondary N) is 1. The fourth-order valence-electron chi connectivity index (χ4n) is 2.38. The van der Waals surface area contributed by atoms with Crippen LogP contribution in [0.25, 0.3) is 0 Å². The number of nitrogens with zero attached hydrogens (tertiary/aromatic N) is 2. The van der Waals surface area contributed by atoms with E-state index in [0.29, 0.717) is 6.04 Å². The summed E-state index contributed by atoms with van der Waals surface area (Å²) in [4.78, 5) is 2.58. The van der Waals surface area contributed by atoms with Gasteiger partial charge in [-0.3, -0.25) is 5.32 Å². The smallest absolute Gasteiger partial charge is 0.103 e. The normalized spacial score (nSPS) is 16.1. The third kappa shape index (κ3) is 7.54. The van der Waals surface area contributed by atoms with Crippen LogP contribution in [0.15, 0.2) is 0 Å². The summed E-state index contributed by atoms with van der Waals surface area (Å²) in [5.41, 5.74) is -0.360. The molecule has 0 aliphatic heterocycles. The van der Waals surface area contributed by atoms with Gasteiger partial charge in [0.1, 0.15) is 5.54 Å². The Balaban J connectivity index is 4.20. The zero-order valence-corrected chi connectivity index (χ0v) is 13.6. The van der Waals surface area contributed by atoms with Crippen molar-refractivity contribution in [3.8, 4) is 6.07 Å². The van der Waals surface area contributed by atoms with Crippen LogP contribution in [0.4, 0.5) is 0 Å². The van der Waals surface area contributed by atoms with Crippen LogP contribution in [-0.2, 0) is 0 Å². The average molecular weight is 267 g/mol. The predicted octanol–water partition coefficient (Wildman–Crippen LogP) is 3.56. The molecular weight excluding hydrogens is 234 g/mol. The van der Waals surface area contributed by atoms with E-state index in [1.165, 1.54) is 25.8 Å². The van der Waals surface area contributed by atoms with Crippen LogP contribution in [0.5, 0.6) is 0 Å². The fraction of sp³-hybridized carbons (Fsp3) is 0.938. The molecule has 0 bridgehead atoms. The van der Waals surface area contributed by atoms with Gasteiger partial charge in [-0.2, -0.15) is 5.26 Å². The van der Waals surface area contributed by atoms with Crippen LogP contribution in [0.1, 0.15) is 66.7 Å². The number of rotatable bonds is 11. The topological polar surface area (TPSA) is 39.1 Å². The molecule has 0 rings (SSSR count). The Hall–Kier alpha value is -0.590. The van der Waals surface area contributed by atoms with Crippen LogP contribution >= 0.6 is 0 Å². The van der Waals surface area contributed by atoms with E-state index in [9.17, 15) is 5.26 Å². The quantitative estimate of drug-likeness (QED) is 0.622. The first-order chi connectivity index (χ1) is 9.02. The molecule has 0 heterocycles. The van der Waals surface area contributed by atoms with Crippen molar-refractivity contribution < 1.29 is 0 Å². The Morgan fingerprint density at radius 1 is 1.21 bits per heavy atom. The van der Waals surface area contributed by atoms with E-state index in [1.54, 1.807) is 0 Å². The lowest BCUT2D eigenvalue weighted by Crippen LogP contribution is -2.42. The summed E-state index contributed by atoms with van der Waals surface area (Å²) in [5, 5.41) is 12.5. The van der Waals surface area contributed by atoms with Crippen LogP contribution in [0.3, 0.4) is 0 Å². The van der Waals surface area contributed by atoms with Crippen LogP contribution in [0.2, 0.25) is 0 Å². The number of hydrogen-bond acceptors (Lipinski definition) is 3. The van der Waals surface area contributed by atoms with E-state index >= 15 is 0 Å². The molecule has 0 aliphatic rings. The summed E-state index contributed by atoms with van der Waals surface area (Å²) in [7, 11) is 0. The van der Waals surface area contributed by atoms with Gasteiger partial charge in [-0.1, -0.05) is 27.2 Å². The van der Waals surface area contributed by atoms with Crippen molar-refractivity contribution in [3.05, 3.63) is 0 Å². The molecule has 3 nitrogen and oxygen atoms in total. The fourth-order valence-corrected chi connectivity index (χ4v) is 2.38. The molecule has 112 valence electrons. The lowest BCUT2D eigenvalue weighted by molar-refractivity contribution is 0.192. The zero-order valence-electron chi connectivity index (χ0n) is 13.6. The van der Waals surface area contributed by atoms with E-state index in [4.69, 9.17) is 0 Å². The van der Waals surface area contributed by atoms with E-state index < -0.39 is 0 Å². The van der Waals surface area contributed by atoms with Crippen molar-refractivity contribution in [2.45, 2.75) is 78.3 Å². The summed E-state index contributed by atoms with van der Waals surface area (Å²) in [6.07, 6.45) is 5.74. The molecule has 0 aromatic rings. The van der Waals surface area contributed by atoms with E-state index in [2.05, 4.69) is 44.0 Å². The van der Waals surface area contributed by atoms with Crippen LogP contribution in [-0.4, -0.2) is 36.1 Å². The van der Waals surface area contributed by atoms with E-state index in [-0.39, 0.29) is 5.54 Å². The van der Waals surface area contributed by atoms with Crippen molar-refractivity contribution in [1.82, 2.24) is 10.2 Å². The van der Waals surface area contributed by atoms with Gasteiger partial charge in [0.2, 0.25) is 0 Å². The van der Waals surface area contributed by atoms with Crippen molar-refractivity contribution in [2.24, 2.45) is 0 Å². The highest BCUT2D eigenvalue weighted by molar-refractivity contribution is 5.03. The van der Waals surface area contributed by atoms with Crippen molar-refractivity contribution in [2.75, 3.05) is 19.6 Å². The SMILES string of the molecule is CCCCN(CCCC(C)(C#N)NCC)C(C)CC. The van der Waals surface area contributed by atoms with Gasteiger partial charge in [0, 0.05) is 6.04 Å². The molecule has 0 aromatic carbocycles. The Morgan fingerprint density at radius 3 is 2.32 bits per heavy atom. The van der Waals surface area contributed by atoms with Gasteiger partial charge in [-0.25, -0.2) is 0 Å². The third-order valence-electron chi connectivity index (χ3n) is 3.95. The molecule has 2 unspecified atom stereocenters. The number of unbranched alkanes of at least 4 members (excludes halogenated alkanes) is 1. The second kappa shape index (κ2) is 10.2. The lowest BCUT2D eigenvalue weighted by atomic mass is 9.97. The average Bonchev–Trinajstić information content (AvgIpc) is 2.42. The van der Waals surface area contributed by atoms with E-state index in [1.807, 2.05) is 6.92 Å². The molecule has 0 spiro atoms. The van der Waals surface area contributed by atoms with Crippen LogP contribution in [0, 0.1) is 11.3 Å². The number of nitriles is 1. The van der Waals surface area contributed by atoms with Gasteiger partial charge in [0.25, 0.3) is 0 Å². The monoisotopic (exact) mass is 267 g/mol. The lowest BCUT2D eigenvalue weighted by Gasteiger charge is -2.30. The molecular formula is C16H33N3. The first kappa shape index (κ1) is 18.4. The highest BCUT2D eigenvalue weighted by atomic mass is 15.1. The molecule has 0 aromatic heterocycles. The van der Waals surface area contributed by atoms with Gasteiger partial charge in [0.05, 0.1) is 6.07 Å². The highest BCUT2D eigenvalue weighted by Crippen LogP contribution is 2.14. The second-order valence-electron chi connectivity index (χ2n) is 5.72. The van der Waals surface area contributed by atoms with Gasteiger partial charge in [-0.05, 0) is 59.2 Å². The summed E-state index contributed by atoms with van der Waals surface area (Å²) in [6.45, 7) is 14.0. The molecule has 0 saturated carbocycles. The minimum Gasteiger partial charge on any atom is -0.301 e. The molecule has 0 aliphatic carbocycles. The minimum atomic E-state index is -0.360. The molecule has 1 N–H and O–H groups in total. The first-order valence-electron chi connectivity index (χ1n) is 7.93. The molecule has 0 saturated heterocycles. The van der Waals surface area contributed by atoms with Crippen molar-refractivity contribution >= 4 is 0 Å². The predicted molar refractivity (Wildman–Crippen MR) is 83.2 cm³/mol. The number of hydrogen-bond donors (Lipinski definition) is 1. The maximum Gasteiger partial charge on any atom is 0.103 e. The maximum absolute atomic E-state index is 9.25. The Morgan fingerprint density at radius 2 is 1.84 bits per heavy atom. The Labute approximate surface area is 120 Å². The van der Waals surface area contributed by atoms with Gasteiger partial charge in [-0.15, -0.1) is 0 Å². The van der Waals surface area contributed by atoms with Gasteiger partial charge < -0.3 is 4.90 Å².